The Bertz CT molecular complexity index is 1590. The van der Waals surface area contributed by atoms with Crippen LogP contribution in [0.4, 0.5) is 0 Å². The molecule has 0 aliphatic heterocycles. The Morgan fingerprint density at radius 2 is 0.631 bits per heavy atom. The van der Waals surface area contributed by atoms with Gasteiger partial charge < -0.3 is 14.2 Å². The Balaban J connectivity index is 4.70. The second-order valence-electron chi connectivity index (χ2n) is 15.2. The maximum atomic E-state index is 12.7. The smallest absolute Gasteiger partial charge is 0.310 e. The van der Waals surface area contributed by atoms with Crippen molar-refractivity contribution in [3.05, 3.63) is 170 Å². The van der Waals surface area contributed by atoms with Crippen LogP contribution in [0.5, 0.6) is 0 Å². The van der Waals surface area contributed by atoms with Crippen molar-refractivity contribution >= 4 is 17.9 Å². The fraction of sp³-hybridized carbons (Fsp3) is 0.475. The first-order chi connectivity index (χ1) is 32.0. The van der Waals surface area contributed by atoms with E-state index in [0.29, 0.717) is 19.3 Å². The molecular weight excluding hydrogens is 805 g/mol. The van der Waals surface area contributed by atoms with Crippen molar-refractivity contribution in [2.24, 2.45) is 0 Å². The van der Waals surface area contributed by atoms with Gasteiger partial charge in [0.15, 0.2) is 6.10 Å². The summed E-state index contributed by atoms with van der Waals surface area (Å²) in [4.78, 5) is 37.8. The van der Waals surface area contributed by atoms with E-state index in [0.717, 1.165) is 103 Å². The molecule has 0 saturated heterocycles. The van der Waals surface area contributed by atoms with Gasteiger partial charge in [-0.25, -0.2) is 0 Å². The van der Waals surface area contributed by atoms with E-state index in [1.54, 1.807) is 6.08 Å². The summed E-state index contributed by atoms with van der Waals surface area (Å²) in [6.45, 7) is 6.07. The van der Waals surface area contributed by atoms with Crippen LogP contribution in [-0.2, 0) is 28.6 Å². The molecule has 0 amide bonds. The van der Waals surface area contributed by atoms with Crippen LogP contribution in [0.25, 0.3) is 0 Å². The lowest BCUT2D eigenvalue weighted by Crippen LogP contribution is -2.30. The van der Waals surface area contributed by atoms with E-state index >= 15 is 0 Å². The number of ether oxygens (including phenoxy) is 3. The number of rotatable bonds is 41. The van der Waals surface area contributed by atoms with E-state index < -0.39 is 18.0 Å². The molecule has 0 aromatic heterocycles. The number of hydrogen-bond donors (Lipinski definition) is 0. The van der Waals surface area contributed by atoms with Crippen molar-refractivity contribution in [3.63, 3.8) is 0 Å². The summed E-state index contributed by atoms with van der Waals surface area (Å²) < 4.78 is 16.5. The van der Waals surface area contributed by atoms with Crippen LogP contribution in [-0.4, -0.2) is 37.2 Å². The summed E-state index contributed by atoms with van der Waals surface area (Å²) in [6, 6.07) is 0. The normalized spacial score (nSPS) is 13.6. The first kappa shape index (κ1) is 59.8. The molecule has 0 spiro atoms. The average Bonchev–Trinajstić information content (AvgIpc) is 3.30. The molecule has 1 unspecified atom stereocenters. The van der Waals surface area contributed by atoms with E-state index in [4.69, 9.17) is 14.2 Å². The van der Waals surface area contributed by atoms with Crippen LogP contribution in [0.1, 0.15) is 162 Å². The van der Waals surface area contributed by atoms with Gasteiger partial charge in [0.05, 0.1) is 6.42 Å². The molecule has 0 aromatic carbocycles. The number of hydrogen-bond acceptors (Lipinski definition) is 6. The quantitative estimate of drug-likeness (QED) is 0.0263. The van der Waals surface area contributed by atoms with Crippen LogP contribution >= 0.6 is 0 Å². The van der Waals surface area contributed by atoms with Gasteiger partial charge in [0.1, 0.15) is 13.2 Å². The standard InChI is InChI=1S/C59H86O6/c1-4-7-10-13-16-19-22-25-27-28-29-30-32-34-37-40-43-46-49-52-58(61)64-55-56(54-63-57(60)51-48-45-42-39-36-33-24-21-18-15-12-9-6-3)65-59(62)53-50-47-44-41-38-35-31-26-23-20-17-14-11-8-5-2/h7-12,16-21,25-27,29-31,33-34,36-38,41,43,46-47,50,56H,4-6,13-15,22-24,28,32,35,39-40,42,44-45,48-49,51-55H2,1-3H3/b10-7-,11-8-,12-9-,19-16-,20-17-,21-18-,27-25-,30-29-,31-26-,36-33-,37-34-,41-38-,46-43-,50-47-. The van der Waals surface area contributed by atoms with E-state index in [1.807, 2.05) is 18.2 Å². The summed E-state index contributed by atoms with van der Waals surface area (Å²) in [5.74, 6) is -1.23. The highest BCUT2D eigenvalue weighted by Crippen LogP contribution is 2.08. The summed E-state index contributed by atoms with van der Waals surface area (Å²) in [5, 5.41) is 0. The fourth-order valence-electron chi connectivity index (χ4n) is 5.67. The molecule has 0 bridgehead atoms. The molecule has 0 aliphatic carbocycles. The third-order valence-electron chi connectivity index (χ3n) is 9.24. The van der Waals surface area contributed by atoms with Crippen LogP contribution in [0.15, 0.2) is 170 Å². The van der Waals surface area contributed by atoms with Crippen LogP contribution in [0, 0.1) is 0 Å². The first-order valence-corrected chi connectivity index (χ1v) is 24.6. The van der Waals surface area contributed by atoms with Crippen molar-refractivity contribution in [1.29, 1.82) is 0 Å². The minimum atomic E-state index is -0.883. The fourth-order valence-corrected chi connectivity index (χ4v) is 5.67. The SMILES string of the molecule is CC/C=C\C/C=C\C/C=C\C/C=C\C/C=C\C/C=C\CCC(=O)OCC(COC(=O)CCCCC/C=C\C/C=C\C/C=C\CC)OC(=O)C/C=C\C/C=C\C/C=C\C/C=C\C/C=C\CC. The Hall–Kier alpha value is -5.23. The highest BCUT2D eigenvalue weighted by molar-refractivity contribution is 5.72. The van der Waals surface area contributed by atoms with E-state index in [1.165, 1.54) is 0 Å². The van der Waals surface area contributed by atoms with Crippen LogP contribution < -0.4 is 0 Å². The Morgan fingerprint density at radius 1 is 0.323 bits per heavy atom. The molecular formula is C59H86O6. The molecule has 0 radical (unpaired) electrons. The van der Waals surface area contributed by atoms with Gasteiger partial charge in [0, 0.05) is 12.8 Å². The summed E-state index contributed by atoms with van der Waals surface area (Å²) in [7, 11) is 0. The molecule has 6 heteroatoms. The number of unbranched alkanes of at least 4 members (excludes halogenated alkanes) is 3. The highest BCUT2D eigenvalue weighted by atomic mass is 16.6. The van der Waals surface area contributed by atoms with Crippen molar-refractivity contribution in [1.82, 2.24) is 0 Å². The molecule has 0 aliphatic rings. The van der Waals surface area contributed by atoms with Gasteiger partial charge in [0.2, 0.25) is 0 Å². The summed E-state index contributed by atoms with van der Waals surface area (Å²) in [6.07, 6.45) is 76.6. The summed E-state index contributed by atoms with van der Waals surface area (Å²) >= 11 is 0. The highest BCUT2D eigenvalue weighted by Gasteiger charge is 2.19. The minimum absolute atomic E-state index is 0.0651. The average molecular weight is 891 g/mol. The van der Waals surface area contributed by atoms with E-state index in [-0.39, 0.29) is 38.4 Å². The maximum absolute atomic E-state index is 12.7. The molecule has 0 rings (SSSR count). The predicted molar refractivity (Wildman–Crippen MR) is 278 cm³/mol. The Labute approximate surface area is 396 Å². The van der Waals surface area contributed by atoms with Gasteiger partial charge in [-0.3, -0.25) is 14.4 Å². The molecule has 358 valence electrons. The second kappa shape index (κ2) is 51.4. The van der Waals surface area contributed by atoms with E-state index in [9.17, 15) is 14.4 Å². The monoisotopic (exact) mass is 891 g/mol. The largest absolute Gasteiger partial charge is 0.462 e. The van der Waals surface area contributed by atoms with Crippen molar-refractivity contribution in [2.45, 2.75) is 168 Å². The van der Waals surface area contributed by atoms with Crippen molar-refractivity contribution in [2.75, 3.05) is 13.2 Å². The molecule has 0 aromatic rings. The molecule has 1 atom stereocenters. The first-order valence-electron chi connectivity index (χ1n) is 24.6. The molecule has 0 saturated carbocycles. The lowest BCUT2D eigenvalue weighted by atomic mass is 10.1. The molecule has 65 heavy (non-hydrogen) atoms. The van der Waals surface area contributed by atoms with Crippen molar-refractivity contribution < 1.29 is 28.6 Å². The minimum Gasteiger partial charge on any atom is -0.462 e. The van der Waals surface area contributed by atoms with Gasteiger partial charge in [0.25, 0.3) is 0 Å². The zero-order valence-corrected chi connectivity index (χ0v) is 40.7. The predicted octanol–water partition coefficient (Wildman–Crippen LogP) is 16.4. The topological polar surface area (TPSA) is 78.9 Å². The molecule has 0 fully saturated rings. The van der Waals surface area contributed by atoms with Gasteiger partial charge >= 0.3 is 17.9 Å². The van der Waals surface area contributed by atoms with Gasteiger partial charge in [-0.15, -0.1) is 0 Å². The van der Waals surface area contributed by atoms with Gasteiger partial charge in [-0.2, -0.15) is 0 Å². The molecule has 6 nitrogen and oxygen atoms in total. The van der Waals surface area contributed by atoms with Gasteiger partial charge in [-0.1, -0.05) is 197 Å². The maximum Gasteiger partial charge on any atom is 0.310 e. The lowest BCUT2D eigenvalue weighted by Gasteiger charge is -2.18. The lowest BCUT2D eigenvalue weighted by molar-refractivity contribution is -0.166. The molecule has 0 N–H and O–H groups in total. The number of carbonyl (C=O) groups excluding carboxylic acids is 3. The Kier molecular flexibility index (Phi) is 47.3. The molecule has 0 heterocycles. The third kappa shape index (κ3) is 49.6. The van der Waals surface area contributed by atoms with Crippen LogP contribution in [0.3, 0.4) is 0 Å². The summed E-state index contributed by atoms with van der Waals surface area (Å²) in [5.41, 5.74) is 0. The number of esters is 3. The number of carbonyl (C=O) groups is 3. The number of allylic oxidation sites excluding steroid dienone is 27. The third-order valence-corrected chi connectivity index (χ3v) is 9.24. The second-order valence-corrected chi connectivity index (χ2v) is 15.2. The van der Waals surface area contributed by atoms with Gasteiger partial charge in [-0.05, 0) is 116 Å². The zero-order chi connectivity index (χ0) is 47.2. The van der Waals surface area contributed by atoms with E-state index in [2.05, 4.69) is 167 Å². The van der Waals surface area contributed by atoms with Crippen LogP contribution in [0.2, 0.25) is 0 Å². The van der Waals surface area contributed by atoms with Crippen molar-refractivity contribution in [3.8, 4) is 0 Å². The zero-order valence-electron chi connectivity index (χ0n) is 40.7. The Morgan fingerprint density at radius 3 is 1.00 bits per heavy atom.